The molecule has 0 unspecified atom stereocenters. The molecule has 3 nitrogen and oxygen atoms in total. The van der Waals surface area contributed by atoms with Gasteiger partial charge in [-0.25, -0.2) is 0 Å². The Labute approximate surface area is 80.2 Å². The average molecular weight is 199 g/mol. The first-order valence-corrected chi connectivity index (χ1v) is 4.17. The first-order valence-electron chi connectivity index (χ1n) is 3.79. The monoisotopic (exact) mass is 198 g/mol. The maximum absolute atomic E-state index is 10.9. The fourth-order valence-electron chi connectivity index (χ4n) is 1.32. The van der Waals surface area contributed by atoms with E-state index >= 15 is 0 Å². The van der Waals surface area contributed by atoms with Crippen LogP contribution in [-0.2, 0) is 0 Å². The second-order valence-electron chi connectivity index (χ2n) is 2.75. The zero-order chi connectivity index (χ0) is 9.42. The molecule has 1 heterocycles. The summed E-state index contributed by atoms with van der Waals surface area (Å²) in [6.07, 6.45) is 0. The van der Waals surface area contributed by atoms with Crippen LogP contribution in [0, 0.1) is 6.92 Å². The smallest absolute Gasteiger partial charge is 0.252 e. The molecule has 1 aliphatic rings. The Morgan fingerprint density at radius 3 is 2.92 bits per heavy atom. The fraction of sp³-hybridized carbons (Fsp3) is 0.222. The van der Waals surface area contributed by atoms with Crippen molar-refractivity contribution in [3.8, 4) is 11.5 Å². The predicted molar refractivity (Wildman–Crippen MR) is 47.5 cm³/mol. The minimum atomic E-state index is -0.476. The highest BCUT2D eigenvalue weighted by atomic mass is 35.5. The van der Waals surface area contributed by atoms with Crippen molar-refractivity contribution >= 4 is 16.8 Å². The maximum Gasteiger partial charge on any atom is 0.252 e. The van der Waals surface area contributed by atoms with Gasteiger partial charge >= 0.3 is 0 Å². The molecule has 0 bridgehead atoms. The SMILES string of the molecule is Cc1c(C(=O)Cl)ccc2c1OCO2. The zero-order valence-corrected chi connectivity index (χ0v) is 7.72. The van der Waals surface area contributed by atoms with Crippen LogP contribution in [0.4, 0.5) is 0 Å². The van der Waals surface area contributed by atoms with Gasteiger partial charge in [0.15, 0.2) is 11.5 Å². The van der Waals surface area contributed by atoms with Gasteiger partial charge in [0, 0.05) is 11.1 Å². The zero-order valence-electron chi connectivity index (χ0n) is 6.96. The van der Waals surface area contributed by atoms with Gasteiger partial charge in [-0.05, 0) is 30.7 Å². The highest BCUT2D eigenvalue weighted by Crippen LogP contribution is 2.37. The lowest BCUT2D eigenvalue weighted by Gasteiger charge is -2.03. The van der Waals surface area contributed by atoms with Gasteiger partial charge in [0.2, 0.25) is 6.79 Å². The fourth-order valence-corrected chi connectivity index (χ4v) is 1.53. The van der Waals surface area contributed by atoms with Crippen LogP contribution in [0.1, 0.15) is 15.9 Å². The number of carbonyl (C=O) groups is 1. The Hall–Kier alpha value is -1.22. The van der Waals surface area contributed by atoms with Crippen LogP contribution in [-0.4, -0.2) is 12.0 Å². The summed E-state index contributed by atoms with van der Waals surface area (Å²) in [5.74, 6) is 1.28. The van der Waals surface area contributed by atoms with Crippen LogP contribution in [0.2, 0.25) is 0 Å². The third-order valence-corrected chi connectivity index (χ3v) is 2.20. The third kappa shape index (κ3) is 1.25. The molecule has 0 atom stereocenters. The first kappa shape index (κ1) is 8.38. The van der Waals surface area contributed by atoms with Gasteiger partial charge < -0.3 is 9.47 Å². The topological polar surface area (TPSA) is 35.5 Å². The molecule has 1 aliphatic heterocycles. The van der Waals surface area contributed by atoms with Crippen molar-refractivity contribution in [2.45, 2.75) is 6.92 Å². The molecule has 0 saturated carbocycles. The van der Waals surface area contributed by atoms with E-state index in [1.54, 1.807) is 19.1 Å². The number of fused-ring (bicyclic) bond motifs is 1. The molecule has 1 aromatic carbocycles. The number of benzene rings is 1. The molecule has 1 aromatic rings. The average Bonchev–Trinajstić information content (AvgIpc) is 2.52. The van der Waals surface area contributed by atoms with Gasteiger partial charge in [-0.15, -0.1) is 0 Å². The normalized spacial score (nSPS) is 13.1. The highest BCUT2D eigenvalue weighted by molar-refractivity contribution is 6.68. The van der Waals surface area contributed by atoms with Gasteiger partial charge in [-0.2, -0.15) is 0 Å². The van der Waals surface area contributed by atoms with Crippen LogP contribution >= 0.6 is 11.6 Å². The molecule has 0 aliphatic carbocycles. The Balaban J connectivity index is 2.59. The van der Waals surface area contributed by atoms with Crippen LogP contribution in [0.3, 0.4) is 0 Å². The molecule has 0 radical (unpaired) electrons. The molecule has 0 aromatic heterocycles. The molecular weight excluding hydrogens is 192 g/mol. The van der Waals surface area contributed by atoms with Crippen molar-refractivity contribution in [2.75, 3.05) is 6.79 Å². The standard InChI is InChI=1S/C9H7ClO3/c1-5-6(9(10)11)2-3-7-8(5)13-4-12-7/h2-3H,4H2,1H3. The van der Waals surface area contributed by atoms with E-state index in [1.807, 2.05) is 0 Å². The summed E-state index contributed by atoms with van der Waals surface area (Å²) in [6.45, 7) is 1.99. The maximum atomic E-state index is 10.9. The number of ether oxygens (including phenoxy) is 2. The van der Waals surface area contributed by atoms with Crippen molar-refractivity contribution in [3.63, 3.8) is 0 Å². The molecule has 0 spiro atoms. The summed E-state index contributed by atoms with van der Waals surface area (Å²) in [5.41, 5.74) is 1.20. The van der Waals surface area contributed by atoms with Crippen LogP contribution in [0.5, 0.6) is 11.5 Å². The van der Waals surface area contributed by atoms with E-state index in [0.29, 0.717) is 17.1 Å². The lowest BCUT2D eigenvalue weighted by atomic mass is 10.1. The van der Waals surface area contributed by atoms with E-state index in [2.05, 4.69) is 0 Å². The third-order valence-electron chi connectivity index (χ3n) is 2.00. The molecule has 0 fully saturated rings. The van der Waals surface area contributed by atoms with Crippen molar-refractivity contribution < 1.29 is 14.3 Å². The summed E-state index contributed by atoms with van der Waals surface area (Å²) in [4.78, 5) is 10.9. The molecule has 0 saturated heterocycles. The number of halogens is 1. The van der Waals surface area contributed by atoms with E-state index < -0.39 is 5.24 Å². The minimum absolute atomic E-state index is 0.204. The minimum Gasteiger partial charge on any atom is -0.454 e. The molecule has 13 heavy (non-hydrogen) atoms. The molecule has 0 N–H and O–H groups in total. The van der Waals surface area contributed by atoms with Crippen molar-refractivity contribution in [3.05, 3.63) is 23.3 Å². The van der Waals surface area contributed by atoms with E-state index in [-0.39, 0.29) is 6.79 Å². The highest BCUT2D eigenvalue weighted by Gasteiger charge is 2.19. The molecule has 2 rings (SSSR count). The number of carbonyl (C=O) groups excluding carboxylic acids is 1. The molecule has 68 valence electrons. The van der Waals surface area contributed by atoms with Gasteiger partial charge in [-0.3, -0.25) is 4.79 Å². The lowest BCUT2D eigenvalue weighted by molar-refractivity contribution is 0.108. The second kappa shape index (κ2) is 2.92. The van der Waals surface area contributed by atoms with E-state index in [0.717, 1.165) is 5.56 Å². The Morgan fingerprint density at radius 2 is 2.23 bits per heavy atom. The Kier molecular flexibility index (Phi) is 1.88. The molecular formula is C9H7ClO3. The first-order chi connectivity index (χ1) is 6.20. The lowest BCUT2D eigenvalue weighted by Crippen LogP contribution is -1.95. The molecule has 0 amide bonds. The van der Waals surface area contributed by atoms with Crippen LogP contribution in [0.15, 0.2) is 12.1 Å². The quantitative estimate of drug-likeness (QED) is 0.649. The molecule has 4 heteroatoms. The van der Waals surface area contributed by atoms with Gasteiger partial charge in [0.25, 0.3) is 5.24 Å². The van der Waals surface area contributed by atoms with Gasteiger partial charge in [0.05, 0.1) is 0 Å². The van der Waals surface area contributed by atoms with Gasteiger partial charge in [-0.1, -0.05) is 0 Å². The van der Waals surface area contributed by atoms with Gasteiger partial charge in [0.1, 0.15) is 0 Å². The van der Waals surface area contributed by atoms with Crippen molar-refractivity contribution in [1.29, 1.82) is 0 Å². The Bertz CT molecular complexity index is 373. The van der Waals surface area contributed by atoms with Crippen molar-refractivity contribution in [1.82, 2.24) is 0 Å². The van der Waals surface area contributed by atoms with E-state index in [4.69, 9.17) is 21.1 Å². The Morgan fingerprint density at radius 1 is 1.46 bits per heavy atom. The second-order valence-corrected chi connectivity index (χ2v) is 3.09. The van der Waals surface area contributed by atoms with E-state index in [1.165, 1.54) is 0 Å². The number of rotatable bonds is 1. The summed E-state index contributed by atoms with van der Waals surface area (Å²) < 4.78 is 10.3. The van der Waals surface area contributed by atoms with E-state index in [9.17, 15) is 4.79 Å². The van der Waals surface area contributed by atoms with Crippen LogP contribution < -0.4 is 9.47 Å². The summed E-state index contributed by atoms with van der Waals surface area (Å²) in [7, 11) is 0. The predicted octanol–water partition coefficient (Wildman–Crippen LogP) is 2.10. The largest absolute Gasteiger partial charge is 0.454 e. The summed E-state index contributed by atoms with van der Waals surface area (Å²) in [5, 5.41) is -0.476. The number of hydrogen-bond acceptors (Lipinski definition) is 3. The van der Waals surface area contributed by atoms with Crippen molar-refractivity contribution in [2.24, 2.45) is 0 Å². The summed E-state index contributed by atoms with van der Waals surface area (Å²) in [6, 6.07) is 3.32. The summed E-state index contributed by atoms with van der Waals surface area (Å²) >= 11 is 5.37. The number of hydrogen-bond donors (Lipinski definition) is 0. The van der Waals surface area contributed by atoms with Crippen LogP contribution in [0.25, 0.3) is 0 Å².